The summed E-state index contributed by atoms with van der Waals surface area (Å²) in [5.74, 6) is -1.10. The Morgan fingerprint density at radius 2 is 2.13 bits per heavy atom. The lowest BCUT2D eigenvalue weighted by atomic mass is 10.2. The van der Waals surface area contributed by atoms with Crippen LogP contribution in [0.25, 0.3) is 11.2 Å². The van der Waals surface area contributed by atoms with Gasteiger partial charge in [-0.2, -0.15) is 18.3 Å². The number of fused-ring (bicyclic) bond motifs is 1. The number of nitrogens with zero attached hydrogens (tertiary/aromatic N) is 5. The summed E-state index contributed by atoms with van der Waals surface area (Å²) in [6, 6.07) is 0. The lowest BCUT2D eigenvalue weighted by molar-refractivity contribution is -0.144. The first-order valence-corrected chi connectivity index (χ1v) is 6.93. The van der Waals surface area contributed by atoms with Crippen LogP contribution < -0.4 is 5.32 Å². The van der Waals surface area contributed by atoms with Crippen LogP contribution in [0.15, 0.2) is 18.7 Å². The summed E-state index contributed by atoms with van der Waals surface area (Å²) < 4.78 is 40.1. The highest BCUT2D eigenvalue weighted by atomic mass is 19.4. The standard InChI is InChI=1S/C13H14F3N7/c1-23-6-8(5-20-23)3-2-4-17-10-9-11(19-7-18-9)22-12(21-10)13(14,15)16/h5-7H,2-4H2,1H3,(H2,17,18,19,21,22). The highest BCUT2D eigenvalue weighted by molar-refractivity contribution is 5.82. The molecule has 0 radical (unpaired) electrons. The monoisotopic (exact) mass is 325 g/mol. The van der Waals surface area contributed by atoms with Gasteiger partial charge in [0.05, 0.1) is 12.5 Å². The molecule has 2 N–H and O–H groups in total. The summed E-state index contributed by atoms with van der Waals surface area (Å²) >= 11 is 0. The molecule has 0 aliphatic heterocycles. The van der Waals surface area contributed by atoms with E-state index in [1.54, 1.807) is 10.9 Å². The molecular formula is C13H14F3N7. The number of halogens is 3. The summed E-state index contributed by atoms with van der Waals surface area (Å²) in [5.41, 5.74) is 1.42. The number of nitrogens with one attached hydrogen (secondary N) is 2. The van der Waals surface area contributed by atoms with E-state index in [0.717, 1.165) is 18.4 Å². The van der Waals surface area contributed by atoms with E-state index in [1.807, 2.05) is 13.2 Å². The van der Waals surface area contributed by atoms with E-state index >= 15 is 0 Å². The lowest BCUT2D eigenvalue weighted by Gasteiger charge is -2.09. The Kier molecular flexibility index (Phi) is 3.89. The number of anilines is 1. The number of aryl methyl sites for hydroxylation is 2. The van der Waals surface area contributed by atoms with Crippen LogP contribution in [-0.4, -0.2) is 36.3 Å². The SMILES string of the molecule is Cn1cc(CCCNc2nc(C(F)(F)F)nc3nc[nH]c23)cn1. The maximum Gasteiger partial charge on any atom is 0.451 e. The van der Waals surface area contributed by atoms with Crippen molar-refractivity contribution in [2.24, 2.45) is 7.05 Å². The molecule has 0 saturated heterocycles. The Morgan fingerprint density at radius 3 is 2.83 bits per heavy atom. The van der Waals surface area contributed by atoms with Gasteiger partial charge >= 0.3 is 6.18 Å². The molecule has 0 spiro atoms. The van der Waals surface area contributed by atoms with E-state index < -0.39 is 12.0 Å². The van der Waals surface area contributed by atoms with Gasteiger partial charge < -0.3 is 10.3 Å². The van der Waals surface area contributed by atoms with Crippen molar-refractivity contribution < 1.29 is 13.2 Å². The molecule has 0 amide bonds. The fourth-order valence-electron chi connectivity index (χ4n) is 2.19. The second-order valence-electron chi connectivity index (χ2n) is 5.05. The van der Waals surface area contributed by atoms with Crippen LogP contribution in [0.5, 0.6) is 0 Å². The molecule has 0 unspecified atom stereocenters. The molecule has 23 heavy (non-hydrogen) atoms. The summed E-state index contributed by atoms with van der Waals surface area (Å²) in [6.45, 7) is 0.470. The second kappa shape index (κ2) is 5.86. The van der Waals surface area contributed by atoms with Crippen LogP contribution >= 0.6 is 0 Å². The largest absolute Gasteiger partial charge is 0.451 e. The molecule has 0 aromatic carbocycles. The number of rotatable bonds is 5. The number of imidazole rings is 1. The Labute approximate surface area is 129 Å². The number of aromatic amines is 1. The zero-order valence-corrected chi connectivity index (χ0v) is 12.2. The molecule has 7 nitrogen and oxygen atoms in total. The number of alkyl halides is 3. The van der Waals surface area contributed by atoms with E-state index in [2.05, 4.69) is 30.4 Å². The third-order valence-corrected chi connectivity index (χ3v) is 3.23. The van der Waals surface area contributed by atoms with Crippen molar-refractivity contribution in [3.8, 4) is 0 Å². The molecular weight excluding hydrogens is 311 g/mol. The van der Waals surface area contributed by atoms with Crippen LogP contribution in [0.2, 0.25) is 0 Å². The molecule has 3 rings (SSSR count). The summed E-state index contributed by atoms with van der Waals surface area (Å²) in [4.78, 5) is 13.5. The molecule has 0 aliphatic carbocycles. The molecule has 0 bridgehead atoms. The van der Waals surface area contributed by atoms with Gasteiger partial charge in [0.1, 0.15) is 5.52 Å². The molecule has 0 saturated carbocycles. The van der Waals surface area contributed by atoms with Crippen LogP contribution in [0, 0.1) is 0 Å². The third kappa shape index (κ3) is 3.41. The smallest absolute Gasteiger partial charge is 0.368 e. The number of hydrogen-bond acceptors (Lipinski definition) is 5. The van der Waals surface area contributed by atoms with Crippen molar-refractivity contribution in [2.75, 3.05) is 11.9 Å². The molecule has 3 aromatic heterocycles. The summed E-state index contributed by atoms with van der Waals surface area (Å²) in [5, 5.41) is 6.98. The van der Waals surface area contributed by atoms with E-state index in [9.17, 15) is 13.2 Å². The van der Waals surface area contributed by atoms with Gasteiger partial charge in [-0.3, -0.25) is 4.68 Å². The zero-order chi connectivity index (χ0) is 16.4. The molecule has 3 heterocycles. The Morgan fingerprint density at radius 1 is 1.30 bits per heavy atom. The van der Waals surface area contributed by atoms with Crippen molar-refractivity contribution in [2.45, 2.75) is 19.0 Å². The maximum atomic E-state index is 12.8. The molecule has 122 valence electrons. The van der Waals surface area contributed by atoms with Crippen LogP contribution in [0.3, 0.4) is 0 Å². The van der Waals surface area contributed by atoms with Crippen molar-refractivity contribution in [1.29, 1.82) is 0 Å². The van der Waals surface area contributed by atoms with Crippen molar-refractivity contribution in [1.82, 2.24) is 29.7 Å². The first-order valence-electron chi connectivity index (χ1n) is 6.93. The Bertz CT molecular complexity index is 805. The van der Waals surface area contributed by atoms with E-state index in [-0.39, 0.29) is 11.5 Å². The average Bonchev–Trinajstić information content (AvgIpc) is 3.11. The fraction of sp³-hybridized carbons (Fsp3) is 0.385. The molecule has 3 aromatic rings. The van der Waals surface area contributed by atoms with Crippen molar-refractivity contribution in [3.05, 3.63) is 30.1 Å². The van der Waals surface area contributed by atoms with Crippen molar-refractivity contribution in [3.63, 3.8) is 0 Å². The predicted octanol–water partition coefficient (Wildman–Crippen LogP) is 2.15. The molecule has 0 atom stereocenters. The topological polar surface area (TPSA) is 84.3 Å². The highest BCUT2D eigenvalue weighted by Gasteiger charge is 2.36. The minimum atomic E-state index is -4.61. The molecule has 0 fully saturated rings. The van der Waals surface area contributed by atoms with Gasteiger partial charge in [0.2, 0.25) is 5.82 Å². The average molecular weight is 325 g/mol. The van der Waals surface area contributed by atoms with Gasteiger partial charge in [-0.1, -0.05) is 0 Å². The van der Waals surface area contributed by atoms with Gasteiger partial charge in [-0.05, 0) is 18.4 Å². The number of H-pyrrole nitrogens is 1. The normalized spacial score (nSPS) is 12.0. The predicted molar refractivity (Wildman–Crippen MR) is 76.7 cm³/mol. The minimum absolute atomic E-state index is 0.0120. The second-order valence-corrected chi connectivity index (χ2v) is 5.05. The first kappa shape index (κ1) is 15.3. The summed E-state index contributed by atoms with van der Waals surface area (Å²) in [6.07, 6.45) is 1.84. The number of aromatic nitrogens is 6. The van der Waals surface area contributed by atoms with E-state index in [1.165, 1.54) is 6.33 Å². The lowest BCUT2D eigenvalue weighted by Crippen LogP contribution is -2.14. The van der Waals surface area contributed by atoms with Gasteiger partial charge in [0, 0.05) is 19.8 Å². The van der Waals surface area contributed by atoms with Gasteiger partial charge in [-0.15, -0.1) is 0 Å². The third-order valence-electron chi connectivity index (χ3n) is 3.23. The van der Waals surface area contributed by atoms with E-state index in [4.69, 9.17) is 0 Å². The fourth-order valence-corrected chi connectivity index (χ4v) is 2.19. The quantitative estimate of drug-likeness (QED) is 0.702. The van der Waals surface area contributed by atoms with Crippen LogP contribution in [0.4, 0.5) is 19.0 Å². The van der Waals surface area contributed by atoms with E-state index in [0.29, 0.717) is 12.1 Å². The Balaban J connectivity index is 1.70. The van der Waals surface area contributed by atoms with Crippen LogP contribution in [0.1, 0.15) is 17.8 Å². The van der Waals surface area contributed by atoms with Crippen molar-refractivity contribution >= 4 is 17.0 Å². The van der Waals surface area contributed by atoms with Gasteiger partial charge in [0.15, 0.2) is 11.5 Å². The van der Waals surface area contributed by atoms with Crippen LogP contribution in [-0.2, 0) is 19.6 Å². The molecule has 10 heteroatoms. The highest BCUT2D eigenvalue weighted by Crippen LogP contribution is 2.29. The minimum Gasteiger partial charge on any atom is -0.368 e. The van der Waals surface area contributed by atoms with Gasteiger partial charge in [-0.25, -0.2) is 15.0 Å². The maximum absolute atomic E-state index is 12.8. The molecule has 0 aliphatic rings. The zero-order valence-electron chi connectivity index (χ0n) is 12.2. The number of hydrogen-bond donors (Lipinski definition) is 2. The first-order chi connectivity index (χ1) is 10.9. The summed E-state index contributed by atoms with van der Waals surface area (Å²) in [7, 11) is 1.83. The Hall–Kier alpha value is -2.65. The van der Waals surface area contributed by atoms with Gasteiger partial charge in [0.25, 0.3) is 0 Å².